The van der Waals surface area contributed by atoms with Crippen LogP contribution in [0, 0.1) is 11.3 Å². The summed E-state index contributed by atoms with van der Waals surface area (Å²) in [5.74, 6) is 0. The molecule has 0 amide bonds. The molecule has 0 heterocycles. The fourth-order valence-corrected chi connectivity index (χ4v) is 5.39. The second kappa shape index (κ2) is 8.60. The van der Waals surface area contributed by atoms with Gasteiger partial charge in [0.05, 0.1) is 17.0 Å². The summed E-state index contributed by atoms with van der Waals surface area (Å²) in [4.78, 5) is 0. The molecule has 1 aliphatic carbocycles. The third kappa shape index (κ3) is 3.39. The van der Waals surface area contributed by atoms with Crippen molar-refractivity contribution in [3.8, 4) is 17.2 Å². The van der Waals surface area contributed by atoms with E-state index in [0.29, 0.717) is 5.56 Å². The van der Waals surface area contributed by atoms with Gasteiger partial charge in [0.1, 0.15) is 0 Å². The highest BCUT2D eigenvalue weighted by Gasteiger charge is 2.36. The first-order valence-corrected chi connectivity index (χ1v) is 11.8. The predicted octanol–water partition coefficient (Wildman–Crippen LogP) is 8.00. The van der Waals surface area contributed by atoms with Crippen LogP contribution in [0.4, 0.5) is 0 Å². The van der Waals surface area contributed by atoms with Gasteiger partial charge in [0.25, 0.3) is 0 Å². The Hall–Kier alpha value is -4.67. The van der Waals surface area contributed by atoms with Crippen LogP contribution in [0.1, 0.15) is 33.4 Å². The normalized spacial score (nSPS) is 13.2. The molecule has 35 heavy (non-hydrogen) atoms. The van der Waals surface area contributed by atoms with E-state index in [1.807, 2.05) is 12.1 Å². The molecule has 0 fully saturated rings. The standard InChI is InChI=1S/C34H23N/c35-24-25-20-21-31-29-18-10-11-19-30(29)33(32(31)22-25)23-34(26-12-4-1-5-13-26,27-14-6-2-7-15-27)28-16-8-3-9-17-28/h1-23H/b33-23+. The van der Waals surface area contributed by atoms with Gasteiger partial charge in [-0.3, -0.25) is 0 Å². The Balaban J connectivity index is 1.75. The predicted molar refractivity (Wildman–Crippen MR) is 143 cm³/mol. The van der Waals surface area contributed by atoms with Crippen molar-refractivity contribution in [1.29, 1.82) is 5.26 Å². The van der Waals surface area contributed by atoms with Gasteiger partial charge in [0, 0.05) is 0 Å². The van der Waals surface area contributed by atoms with E-state index in [0.717, 1.165) is 11.1 Å². The number of allylic oxidation sites excluding steroid dienone is 1. The maximum Gasteiger partial charge on any atom is 0.0991 e. The van der Waals surface area contributed by atoms with Crippen LogP contribution in [-0.4, -0.2) is 0 Å². The van der Waals surface area contributed by atoms with Crippen molar-refractivity contribution in [3.05, 3.63) is 173 Å². The van der Waals surface area contributed by atoms with Crippen LogP contribution in [0.15, 0.2) is 140 Å². The van der Waals surface area contributed by atoms with Crippen molar-refractivity contribution in [2.45, 2.75) is 5.41 Å². The van der Waals surface area contributed by atoms with Gasteiger partial charge in [-0.05, 0) is 56.6 Å². The first-order chi connectivity index (χ1) is 17.3. The molecule has 0 bridgehead atoms. The molecule has 5 aromatic rings. The van der Waals surface area contributed by atoms with Crippen LogP contribution in [0.3, 0.4) is 0 Å². The Labute approximate surface area is 206 Å². The van der Waals surface area contributed by atoms with Crippen molar-refractivity contribution in [1.82, 2.24) is 0 Å². The molecule has 0 radical (unpaired) electrons. The number of hydrogen-bond donors (Lipinski definition) is 0. The second-order valence-corrected chi connectivity index (χ2v) is 8.88. The summed E-state index contributed by atoms with van der Waals surface area (Å²) in [6, 6.07) is 49.1. The summed E-state index contributed by atoms with van der Waals surface area (Å²) in [7, 11) is 0. The highest BCUT2D eigenvalue weighted by molar-refractivity contribution is 6.02. The zero-order valence-electron chi connectivity index (χ0n) is 19.2. The van der Waals surface area contributed by atoms with Gasteiger partial charge in [-0.15, -0.1) is 0 Å². The first kappa shape index (κ1) is 20.9. The molecule has 1 nitrogen and oxygen atoms in total. The van der Waals surface area contributed by atoms with Gasteiger partial charge >= 0.3 is 0 Å². The molecule has 0 N–H and O–H groups in total. The Kier molecular flexibility index (Phi) is 5.13. The minimum absolute atomic E-state index is 0.517. The topological polar surface area (TPSA) is 23.8 Å². The molecular weight excluding hydrogens is 422 g/mol. The summed E-state index contributed by atoms with van der Waals surface area (Å²) in [5, 5.41) is 9.67. The van der Waals surface area contributed by atoms with E-state index >= 15 is 0 Å². The van der Waals surface area contributed by atoms with Crippen LogP contribution < -0.4 is 0 Å². The largest absolute Gasteiger partial charge is 0.192 e. The average molecular weight is 446 g/mol. The summed E-state index contributed by atoms with van der Waals surface area (Å²) < 4.78 is 0. The molecule has 1 heteroatoms. The van der Waals surface area contributed by atoms with Gasteiger partial charge in [-0.2, -0.15) is 5.26 Å². The van der Waals surface area contributed by atoms with E-state index in [-0.39, 0.29) is 0 Å². The maximum atomic E-state index is 9.67. The van der Waals surface area contributed by atoms with E-state index in [2.05, 4.69) is 133 Å². The lowest BCUT2D eigenvalue weighted by Gasteiger charge is -2.34. The fourth-order valence-electron chi connectivity index (χ4n) is 5.39. The minimum Gasteiger partial charge on any atom is -0.192 e. The molecule has 0 spiro atoms. The molecule has 1 aliphatic rings. The molecule has 164 valence electrons. The Morgan fingerprint density at radius 2 is 0.943 bits per heavy atom. The lowest BCUT2D eigenvalue weighted by molar-refractivity contribution is 0.780. The molecule has 6 rings (SSSR count). The monoisotopic (exact) mass is 445 g/mol. The number of nitrogens with zero attached hydrogens (tertiary/aromatic N) is 1. The Bertz CT molecular complexity index is 1480. The lowest BCUT2D eigenvalue weighted by Crippen LogP contribution is -2.27. The summed E-state index contributed by atoms with van der Waals surface area (Å²) in [6.07, 6.45) is 2.42. The number of rotatable bonds is 4. The van der Waals surface area contributed by atoms with E-state index in [9.17, 15) is 5.26 Å². The number of hydrogen-bond acceptors (Lipinski definition) is 1. The average Bonchev–Trinajstić information content (AvgIpc) is 3.25. The highest BCUT2D eigenvalue weighted by atomic mass is 14.4. The van der Waals surface area contributed by atoms with Gasteiger partial charge in [-0.25, -0.2) is 0 Å². The first-order valence-electron chi connectivity index (χ1n) is 11.8. The number of nitriles is 1. The number of benzene rings is 5. The van der Waals surface area contributed by atoms with Crippen LogP contribution >= 0.6 is 0 Å². The summed E-state index contributed by atoms with van der Waals surface area (Å²) >= 11 is 0. The van der Waals surface area contributed by atoms with Crippen molar-refractivity contribution in [2.24, 2.45) is 0 Å². The fraction of sp³-hybridized carbons (Fsp3) is 0.0294. The molecule has 0 atom stereocenters. The summed E-state index contributed by atoms with van der Waals surface area (Å²) in [6.45, 7) is 0. The van der Waals surface area contributed by atoms with Gasteiger partial charge < -0.3 is 0 Å². The molecule has 0 unspecified atom stereocenters. The van der Waals surface area contributed by atoms with Crippen molar-refractivity contribution in [2.75, 3.05) is 0 Å². The van der Waals surface area contributed by atoms with Crippen LogP contribution in [0.2, 0.25) is 0 Å². The summed E-state index contributed by atoms with van der Waals surface area (Å²) in [5.41, 5.74) is 9.61. The number of fused-ring (bicyclic) bond motifs is 3. The van der Waals surface area contributed by atoms with Gasteiger partial charge in [0.15, 0.2) is 0 Å². The third-order valence-electron chi connectivity index (χ3n) is 6.99. The minimum atomic E-state index is -0.517. The molecular formula is C34H23N. The van der Waals surface area contributed by atoms with Crippen LogP contribution in [0.5, 0.6) is 0 Å². The highest BCUT2D eigenvalue weighted by Crippen LogP contribution is 2.49. The van der Waals surface area contributed by atoms with Gasteiger partial charge in [-0.1, -0.05) is 127 Å². The van der Waals surface area contributed by atoms with E-state index in [1.54, 1.807) is 0 Å². The van der Waals surface area contributed by atoms with Gasteiger partial charge in [0.2, 0.25) is 0 Å². The van der Waals surface area contributed by atoms with Crippen molar-refractivity contribution in [3.63, 3.8) is 0 Å². The molecule has 0 aliphatic heterocycles. The van der Waals surface area contributed by atoms with Crippen molar-refractivity contribution >= 4 is 5.57 Å². The van der Waals surface area contributed by atoms with Crippen molar-refractivity contribution < 1.29 is 0 Å². The zero-order valence-corrected chi connectivity index (χ0v) is 19.2. The molecule has 0 saturated carbocycles. The quantitative estimate of drug-likeness (QED) is 0.252. The Morgan fingerprint density at radius 1 is 0.486 bits per heavy atom. The van der Waals surface area contributed by atoms with E-state index in [1.165, 1.54) is 33.4 Å². The van der Waals surface area contributed by atoms with E-state index in [4.69, 9.17) is 0 Å². The third-order valence-corrected chi connectivity index (χ3v) is 6.99. The van der Waals surface area contributed by atoms with E-state index < -0.39 is 5.41 Å². The smallest absolute Gasteiger partial charge is 0.0991 e. The molecule has 0 aromatic heterocycles. The molecule has 5 aromatic carbocycles. The maximum absolute atomic E-state index is 9.67. The van der Waals surface area contributed by atoms with Crippen LogP contribution in [0.25, 0.3) is 16.7 Å². The molecule has 0 saturated heterocycles. The Morgan fingerprint density at radius 3 is 1.46 bits per heavy atom. The zero-order chi connectivity index (χ0) is 23.7. The SMILES string of the molecule is N#Cc1ccc2c(c1)/C(=C/C(c1ccccc1)(c1ccccc1)c1ccccc1)c1ccccc1-2. The second-order valence-electron chi connectivity index (χ2n) is 8.88. The van der Waals surface area contributed by atoms with Crippen LogP contribution in [-0.2, 0) is 5.41 Å². The lowest BCUT2D eigenvalue weighted by atomic mass is 9.68.